The van der Waals surface area contributed by atoms with Gasteiger partial charge in [0.25, 0.3) is 0 Å². The second kappa shape index (κ2) is 60.8. The molecule has 1 saturated carbocycles. The number of hydrogen-bond donors (Lipinski definition) is 23. The Balaban J connectivity index is -0.0000000982. The van der Waals surface area contributed by atoms with Crippen molar-refractivity contribution in [1.82, 2.24) is 0 Å². The van der Waals surface area contributed by atoms with Crippen molar-refractivity contribution in [2.45, 2.75) is 163 Å². The van der Waals surface area contributed by atoms with Gasteiger partial charge in [0.05, 0.1) is 82.9 Å². The molecule has 48 heteroatoms. The normalized spacial score (nSPS) is 22.9. The van der Waals surface area contributed by atoms with E-state index in [1.165, 1.54) is 27.7 Å². The Labute approximate surface area is 591 Å². The Morgan fingerprint density at radius 1 is 0.559 bits per heavy atom. The molecule has 0 spiro atoms. The third-order valence-corrected chi connectivity index (χ3v) is 14.9. The molecule has 0 radical (unpaired) electrons. The van der Waals surface area contributed by atoms with E-state index in [0.29, 0.717) is 52.0 Å². The van der Waals surface area contributed by atoms with Gasteiger partial charge < -0.3 is 149 Å². The van der Waals surface area contributed by atoms with Gasteiger partial charge in [0, 0.05) is 52.2 Å². The molecule has 0 aromatic heterocycles. The molecule has 2 aliphatic rings. The zero-order valence-electron chi connectivity index (χ0n) is 51.4. The van der Waals surface area contributed by atoms with Gasteiger partial charge >= 0.3 is 90.4 Å². The molecule has 0 bridgehead atoms. The average molecular weight is 1540 g/mol. The fourth-order valence-corrected chi connectivity index (χ4v) is 11.7. The summed E-state index contributed by atoms with van der Waals surface area (Å²) in [5.74, 6) is -2.52. The number of rotatable bonds is 31. The first kappa shape index (κ1) is 119. The van der Waals surface area contributed by atoms with Gasteiger partial charge in [-0.15, -0.1) is 6.30 Å². The summed E-state index contributed by atoms with van der Waals surface area (Å²) in [5, 5.41) is 95.5. The molecule has 1 heterocycles. The van der Waals surface area contributed by atoms with E-state index in [0.717, 1.165) is 0 Å². The Bertz CT molecular complexity index is 2070. The molecule has 564 valence electrons. The monoisotopic (exact) mass is 1540 g/mol. The van der Waals surface area contributed by atoms with E-state index < -0.39 is 152 Å². The number of nitrogens with two attached hydrogens (primary N) is 2. The SMILES string of the molecule is C.C.C.C.C=P(O)(O)OC(CCO)(CCCO)CCCO.C=P([O-])([O-])OCC(O)CO.CC(COCCO)OP(C)(C)=O.CC1C(OP(=O)(O)O)[C@@H](C)C(OP(=O)(O)O)[C@H](OP(=O)(O)O)[C@@H]1C.C[C@H]1OC(COP(=O)(O)O)[C@@H](O)[C@H](O)C1O.NCCO.NCCO.[Na+].[Na+]. The molecule has 1 aliphatic heterocycles. The van der Waals surface area contributed by atoms with Gasteiger partial charge in [0.2, 0.25) is 7.57 Å². The molecule has 13 atom stereocenters. The first-order valence-electron chi connectivity index (χ1n) is 25.8. The summed E-state index contributed by atoms with van der Waals surface area (Å²) in [4.78, 5) is 110. The summed E-state index contributed by atoms with van der Waals surface area (Å²) in [6.45, 7) is 10.4. The Morgan fingerprint density at radius 3 is 1.26 bits per heavy atom. The molecule has 0 aromatic carbocycles. The molecule has 39 nitrogen and oxygen atoms in total. The molecule has 1 saturated heterocycles. The molecule has 93 heavy (non-hydrogen) atoms. The van der Waals surface area contributed by atoms with Crippen molar-refractivity contribution >= 4 is 66.4 Å². The quantitative estimate of drug-likeness (QED) is 0.0174. The van der Waals surface area contributed by atoms with Gasteiger partial charge in [-0.3, -0.25) is 22.7 Å². The first-order valence-corrected chi connectivity index (χ1v) is 38.0. The van der Waals surface area contributed by atoms with Crippen LogP contribution in [0.1, 0.15) is 96.4 Å². The summed E-state index contributed by atoms with van der Waals surface area (Å²) >= 11 is 0. The maximum absolute atomic E-state index is 11.2. The summed E-state index contributed by atoms with van der Waals surface area (Å²) < 4.78 is 97.5. The van der Waals surface area contributed by atoms with Gasteiger partial charge in [-0.2, -0.15) is 7.57 Å². The fraction of sp³-hybridized carbons (Fsp3) is 0.956. The van der Waals surface area contributed by atoms with Crippen LogP contribution in [0.3, 0.4) is 0 Å². The van der Waals surface area contributed by atoms with E-state index >= 15 is 0 Å². The van der Waals surface area contributed by atoms with Gasteiger partial charge in [0.1, 0.15) is 36.6 Å². The maximum atomic E-state index is 11.2. The van der Waals surface area contributed by atoms with Crippen LogP contribution in [0.15, 0.2) is 0 Å². The van der Waals surface area contributed by atoms with Crippen LogP contribution in [-0.2, 0) is 64.0 Å². The van der Waals surface area contributed by atoms with E-state index in [4.69, 9.17) is 110 Å². The molecule has 2 fully saturated rings. The minimum atomic E-state index is -5.08. The molecule has 25 N–H and O–H groups in total. The average Bonchev–Trinajstić information content (AvgIpc) is 1.02. The maximum Gasteiger partial charge on any atom is 1.00 e. The second-order valence-corrected chi connectivity index (χ2v) is 29.7. The minimum absolute atomic E-state index is 0. The smallest absolute Gasteiger partial charge is 0.821 e. The van der Waals surface area contributed by atoms with Crippen molar-refractivity contribution in [3.8, 4) is 0 Å². The molecule has 0 amide bonds. The van der Waals surface area contributed by atoms with E-state index in [1.54, 1.807) is 20.3 Å². The fourth-order valence-electron chi connectivity index (χ4n) is 7.15. The molecule has 1 aliphatic carbocycles. The van der Waals surface area contributed by atoms with Crippen molar-refractivity contribution in [3.63, 3.8) is 0 Å². The Hall–Kier alpha value is 2.39. The number of phosphoric acid groups is 4. The van der Waals surface area contributed by atoms with Crippen LogP contribution in [0, 0.1) is 17.8 Å². The van der Waals surface area contributed by atoms with Crippen LogP contribution < -0.4 is 80.4 Å². The summed E-state index contributed by atoms with van der Waals surface area (Å²) in [7, 11) is -29.8. The number of ether oxygens (including phenoxy) is 2. The zero-order chi connectivity index (χ0) is 69.6. The second-order valence-electron chi connectivity index (χ2n) is 19.2. The number of phosphoric ester groups is 4. The van der Waals surface area contributed by atoms with Crippen LogP contribution in [0.25, 0.3) is 0 Å². The van der Waals surface area contributed by atoms with Crippen LogP contribution in [0.4, 0.5) is 0 Å². The van der Waals surface area contributed by atoms with Gasteiger partial charge in [0.15, 0.2) is 7.37 Å². The van der Waals surface area contributed by atoms with E-state index in [2.05, 4.69) is 35.2 Å². The van der Waals surface area contributed by atoms with Gasteiger partial charge in [-0.1, -0.05) is 50.5 Å². The van der Waals surface area contributed by atoms with Gasteiger partial charge in [-0.25, -0.2) is 18.3 Å². The number of aliphatic hydroxyl groups is 11. The number of hydrogen-bond acceptors (Lipinski definition) is 31. The van der Waals surface area contributed by atoms with E-state index in [9.17, 15) is 57.7 Å². The third kappa shape index (κ3) is 69.9. The van der Waals surface area contributed by atoms with Crippen molar-refractivity contribution in [1.29, 1.82) is 0 Å². The van der Waals surface area contributed by atoms with Crippen molar-refractivity contribution < 1.29 is 238 Å². The molecule has 7 unspecified atom stereocenters. The predicted molar refractivity (Wildman–Crippen MR) is 335 cm³/mol. The van der Waals surface area contributed by atoms with Crippen LogP contribution >= 0.6 is 53.8 Å². The van der Waals surface area contributed by atoms with E-state index in [-0.39, 0.29) is 141 Å². The van der Waals surface area contributed by atoms with Crippen LogP contribution in [-0.4, -0.2) is 283 Å². The molecular weight excluding hydrogens is 1420 g/mol. The van der Waals surface area contributed by atoms with Crippen LogP contribution in [0.2, 0.25) is 0 Å². The minimum Gasteiger partial charge on any atom is -0.821 e. The summed E-state index contributed by atoms with van der Waals surface area (Å²) in [6.07, 6.45) is -3.91. The zero-order valence-corrected chi connectivity index (χ0v) is 61.6. The van der Waals surface area contributed by atoms with Gasteiger partial charge in [-0.05, 0) is 64.1 Å². The van der Waals surface area contributed by atoms with Crippen molar-refractivity contribution in [2.24, 2.45) is 29.2 Å². The van der Waals surface area contributed by atoms with Crippen LogP contribution in [0.5, 0.6) is 0 Å². The van der Waals surface area contributed by atoms with Crippen molar-refractivity contribution in [2.75, 3.05) is 99.1 Å². The predicted octanol–water partition coefficient (Wildman–Crippen LogP) is -9.21. The standard InChI is InChI=1S/C10H23O6P.C9H21O12P3.C7H15O8P.C7H17O4P.C4H9O5P.2C2H7NO.4CH4.2Na/c1-17(14,15)16-10(6-9-13,4-2-7-11)5-3-8-12;1-4-5(2)8(20-23(13,14)15)9(21-24(16,17)18)6(3)7(4)19-22(10,11)12;1-3-5(8)7(10)6(9)4(15-3)2-14-16(11,12)13;1-7(6-10-5-4-8)11-12(2,3)9;1-10(7,8)9-3-4(6)2-5;2*3-1-2-4;;;;;;/h11-15H,1-9H2;4-9H,1-3H3,(H2,10,11,12)(H2,13,14,15)(H2,16,17,18);3-10H,2H2,1H3,(H2,11,12,13);7-8H,4-6H2,1-3H3;4-6H,1-3H2;2*4H,1-3H2;4*1H4;;/q;;;;-2;;;;;;;2*+1/t;4?,5-,6-,7?,8-,9?;3-,4?,5?,6-,7-;;;;;;;;;;/m.11........../s1. The Kier molecular flexibility index (Phi) is 78.0. The molecule has 0 aromatic rings. The number of aliphatic hydroxyl groups excluding tert-OH is 11. The summed E-state index contributed by atoms with van der Waals surface area (Å²) in [6, 6.07) is 0. The largest absolute Gasteiger partial charge is 1.00 e. The molecular formula is C45H115N2Na2O37P7. The summed E-state index contributed by atoms with van der Waals surface area (Å²) in [5.41, 5.74) is 8.61. The first-order chi connectivity index (χ1) is 39.4. The van der Waals surface area contributed by atoms with E-state index in [1.807, 2.05) is 0 Å². The molecule has 2 rings (SSSR count). The van der Waals surface area contributed by atoms with Crippen molar-refractivity contribution in [3.05, 3.63) is 0 Å². The third-order valence-electron chi connectivity index (χ3n) is 10.8. The Morgan fingerprint density at radius 2 is 0.946 bits per heavy atom. The topological polar surface area (TPSA) is 691 Å².